The maximum Gasteiger partial charge on any atom is 0.522 e. The fraction of sp³-hybridized carbons (Fsp3) is 0.524. The van der Waals surface area contributed by atoms with Gasteiger partial charge in [0.15, 0.2) is 11.6 Å². The molecule has 0 aliphatic heterocycles. The van der Waals surface area contributed by atoms with Crippen LogP contribution < -0.4 is 10.6 Å². The zero-order valence-electron chi connectivity index (χ0n) is 18.6. The predicted octanol–water partition coefficient (Wildman–Crippen LogP) is 4.10. The van der Waals surface area contributed by atoms with Crippen molar-refractivity contribution in [1.82, 2.24) is 30.1 Å². The maximum absolute atomic E-state index is 14.5. The van der Waals surface area contributed by atoms with Crippen molar-refractivity contribution in [1.29, 1.82) is 0 Å². The molecule has 5 rings (SSSR count). The molecule has 2 aliphatic carbocycles. The minimum atomic E-state index is -4.76. The van der Waals surface area contributed by atoms with E-state index >= 15 is 0 Å². The van der Waals surface area contributed by atoms with Crippen molar-refractivity contribution in [3.63, 3.8) is 0 Å². The molecule has 0 saturated heterocycles. The Labute approximate surface area is 196 Å². The minimum absolute atomic E-state index is 0.0757. The SMILES string of the molecule is CC1(NC(=O)O[C@H]2C[C@@H](c3cc(Nc4nccn5nc(COC(F)(F)F)cc45)n[nH]3)C[C@H]2F)CC1. The molecule has 14 heteroatoms. The highest BCUT2D eigenvalue weighted by Crippen LogP contribution is 2.39. The van der Waals surface area contributed by atoms with E-state index in [4.69, 9.17) is 4.74 Å². The third kappa shape index (κ3) is 5.47. The lowest BCUT2D eigenvalue weighted by Crippen LogP contribution is -2.38. The van der Waals surface area contributed by atoms with Crippen LogP contribution in [0, 0.1) is 0 Å². The lowest BCUT2D eigenvalue weighted by molar-refractivity contribution is -0.330. The average Bonchev–Trinajstić information content (AvgIpc) is 3.15. The van der Waals surface area contributed by atoms with Crippen molar-refractivity contribution in [3.8, 4) is 0 Å². The standard InChI is InChI=1S/C21H23F4N7O3/c1-20(2-3-20)28-19(33)35-16-7-11(6-13(16)22)14-9-17(30-29-14)27-18-15-8-12(10-34-21(23,24)25)31-32(15)5-4-26-18/h4-5,8-9,11,13,16H,2-3,6-7,10H2,1H3,(H,28,33)(H2,26,27,29,30)/t11-,13+,16-/m0/s1. The molecule has 3 N–H and O–H groups in total. The number of nitrogens with one attached hydrogen (secondary N) is 3. The van der Waals surface area contributed by atoms with Crippen LogP contribution in [0.1, 0.15) is 49.9 Å². The molecule has 3 aromatic heterocycles. The zero-order chi connectivity index (χ0) is 24.8. The summed E-state index contributed by atoms with van der Waals surface area (Å²) in [4.78, 5) is 16.3. The molecular weight excluding hydrogens is 474 g/mol. The first-order chi connectivity index (χ1) is 16.6. The number of ether oxygens (including phenoxy) is 2. The van der Waals surface area contributed by atoms with Crippen LogP contribution in [-0.4, -0.2) is 55.1 Å². The van der Waals surface area contributed by atoms with Crippen LogP contribution in [0.5, 0.6) is 0 Å². The van der Waals surface area contributed by atoms with Crippen LogP contribution in [0.3, 0.4) is 0 Å². The first-order valence-electron chi connectivity index (χ1n) is 11.1. The number of nitrogens with zero attached hydrogens (tertiary/aromatic N) is 4. The quantitative estimate of drug-likeness (QED) is 0.421. The number of aromatic amines is 1. The van der Waals surface area contributed by atoms with Gasteiger partial charge < -0.3 is 15.4 Å². The van der Waals surface area contributed by atoms with Crippen LogP contribution in [0.25, 0.3) is 5.52 Å². The largest absolute Gasteiger partial charge is 0.522 e. The molecule has 2 fully saturated rings. The van der Waals surface area contributed by atoms with E-state index in [0.29, 0.717) is 29.3 Å². The number of carbonyl (C=O) groups is 1. The Kier molecular flexibility index (Phi) is 5.77. The molecular formula is C21H23F4N7O3. The number of alkyl halides is 4. The fourth-order valence-electron chi connectivity index (χ4n) is 4.08. The molecule has 0 unspecified atom stereocenters. The lowest BCUT2D eigenvalue weighted by atomic mass is 10.0. The van der Waals surface area contributed by atoms with Gasteiger partial charge in [0.25, 0.3) is 0 Å². The third-order valence-electron chi connectivity index (χ3n) is 6.20. The molecule has 188 valence electrons. The lowest BCUT2D eigenvalue weighted by Gasteiger charge is -2.17. The summed E-state index contributed by atoms with van der Waals surface area (Å²) in [5.74, 6) is 0.471. The highest BCUT2D eigenvalue weighted by atomic mass is 19.4. The number of hydrogen-bond donors (Lipinski definition) is 3. The number of H-pyrrole nitrogens is 1. The molecule has 0 radical (unpaired) electrons. The van der Waals surface area contributed by atoms with Crippen molar-refractivity contribution < 1.29 is 31.8 Å². The number of alkyl carbamates (subject to hydrolysis) is 1. The smallest absolute Gasteiger partial charge is 0.443 e. The van der Waals surface area contributed by atoms with Gasteiger partial charge in [-0.05, 0) is 38.7 Å². The fourth-order valence-corrected chi connectivity index (χ4v) is 4.08. The van der Waals surface area contributed by atoms with Crippen molar-refractivity contribution in [3.05, 3.63) is 35.9 Å². The van der Waals surface area contributed by atoms with Crippen LogP contribution >= 0.6 is 0 Å². The molecule has 35 heavy (non-hydrogen) atoms. The zero-order valence-corrected chi connectivity index (χ0v) is 18.6. The molecule has 0 aromatic carbocycles. The number of halogens is 4. The van der Waals surface area contributed by atoms with Gasteiger partial charge >= 0.3 is 12.5 Å². The number of anilines is 2. The van der Waals surface area contributed by atoms with E-state index in [-0.39, 0.29) is 23.6 Å². The second-order valence-electron chi connectivity index (χ2n) is 9.12. The summed E-state index contributed by atoms with van der Waals surface area (Å²) in [7, 11) is 0. The van der Waals surface area contributed by atoms with Crippen LogP contribution in [0.15, 0.2) is 24.5 Å². The summed E-state index contributed by atoms with van der Waals surface area (Å²) < 4.78 is 62.0. The minimum Gasteiger partial charge on any atom is -0.443 e. The molecule has 2 saturated carbocycles. The van der Waals surface area contributed by atoms with E-state index in [2.05, 4.69) is 35.7 Å². The topological polar surface area (TPSA) is 118 Å². The first kappa shape index (κ1) is 23.3. The molecule has 3 heterocycles. The number of amides is 1. The Hall–Kier alpha value is -3.42. The molecule has 1 amide bonds. The van der Waals surface area contributed by atoms with Gasteiger partial charge in [0.2, 0.25) is 0 Å². The van der Waals surface area contributed by atoms with Crippen molar-refractivity contribution in [2.75, 3.05) is 5.32 Å². The van der Waals surface area contributed by atoms with Gasteiger partial charge in [-0.15, -0.1) is 13.2 Å². The average molecular weight is 497 g/mol. The number of hydrogen-bond acceptors (Lipinski definition) is 7. The van der Waals surface area contributed by atoms with Gasteiger partial charge in [0.05, 0.1) is 5.69 Å². The van der Waals surface area contributed by atoms with Crippen molar-refractivity contribution in [2.24, 2.45) is 0 Å². The van der Waals surface area contributed by atoms with Crippen LogP contribution in [-0.2, 0) is 16.1 Å². The Morgan fingerprint density at radius 1 is 1.31 bits per heavy atom. The Morgan fingerprint density at radius 2 is 2.11 bits per heavy atom. The number of carbonyl (C=O) groups excluding carboxylic acids is 1. The van der Waals surface area contributed by atoms with Crippen LogP contribution in [0.2, 0.25) is 0 Å². The number of aromatic nitrogens is 5. The highest BCUT2D eigenvalue weighted by molar-refractivity contribution is 5.72. The third-order valence-corrected chi connectivity index (χ3v) is 6.20. The summed E-state index contributed by atoms with van der Waals surface area (Å²) in [5, 5.41) is 16.9. The van der Waals surface area contributed by atoms with Gasteiger partial charge in [0.1, 0.15) is 24.4 Å². The van der Waals surface area contributed by atoms with E-state index in [1.807, 2.05) is 6.92 Å². The summed E-state index contributed by atoms with van der Waals surface area (Å²) in [6.45, 7) is 1.18. The van der Waals surface area contributed by atoms with E-state index in [0.717, 1.165) is 12.8 Å². The number of rotatable bonds is 7. The Bertz CT molecular complexity index is 1220. The van der Waals surface area contributed by atoms with E-state index in [1.165, 1.54) is 23.0 Å². The molecule has 3 atom stereocenters. The van der Waals surface area contributed by atoms with E-state index < -0.39 is 31.3 Å². The molecule has 0 spiro atoms. The van der Waals surface area contributed by atoms with E-state index in [9.17, 15) is 22.4 Å². The monoisotopic (exact) mass is 497 g/mol. The molecule has 0 bridgehead atoms. The summed E-state index contributed by atoms with van der Waals surface area (Å²) in [5.41, 5.74) is 0.914. The normalized spacial score (nSPS) is 23.4. The second kappa shape index (κ2) is 8.66. The first-order valence-corrected chi connectivity index (χ1v) is 11.1. The Morgan fingerprint density at radius 3 is 2.86 bits per heavy atom. The summed E-state index contributed by atoms with van der Waals surface area (Å²) >= 11 is 0. The summed E-state index contributed by atoms with van der Waals surface area (Å²) in [6.07, 6.45) is -2.34. The highest BCUT2D eigenvalue weighted by Gasteiger charge is 2.42. The number of fused-ring (bicyclic) bond motifs is 1. The van der Waals surface area contributed by atoms with Gasteiger partial charge in [-0.25, -0.2) is 18.7 Å². The molecule has 10 nitrogen and oxygen atoms in total. The van der Waals surface area contributed by atoms with Crippen molar-refractivity contribution in [2.45, 2.75) is 69.3 Å². The van der Waals surface area contributed by atoms with Gasteiger partial charge in [-0.2, -0.15) is 10.2 Å². The van der Waals surface area contributed by atoms with Gasteiger partial charge in [-0.1, -0.05) is 0 Å². The molecule has 3 aromatic rings. The Balaban J connectivity index is 1.23. The second-order valence-corrected chi connectivity index (χ2v) is 9.12. The van der Waals surface area contributed by atoms with Gasteiger partial charge in [-0.3, -0.25) is 9.84 Å². The maximum atomic E-state index is 14.5. The van der Waals surface area contributed by atoms with Crippen LogP contribution in [0.4, 0.5) is 34.0 Å². The summed E-state index contributed by atoms with van der Waals surface area (Å²) in [6, 6.07) is 3.12. The van der Waals surface area contributed by atoms with Crippen molar-refractivity contribution >= 4 is 23.2 Å². The van der Waals surface area contributed by atoms with E-state index in [1.54, 1.807) is 6.07 Å². The predicted molar refractivity (Wildman–Crippen MR) is 114 cm³/mol. The molecule has 2 aliphatic rings. The van der Waals surface area contributed by atoms with Gasteiger partial charge in [0, 0.05) is 35.6 Å².